The number of nitrogens with zero attached hydrogens (tertiary/aromatic N) is 1. The molecule has 8 heteroatoms. The summed E-state index contributed by atoms with van der Waals surface area (Å²) in [5.41, 5.74) is 1.43. The van der Waals surface area contributed by atoms with E-state index < -0.39 is 12.8 Å². The fraction of sp³-hybridized carbons (Fsp3) is 0.316. The van der Waals surface area contributed by atoms with Crippen molar-refractivity contribution in [2.45, 2.75) is 19.1 Å². The standard InChI is InChI=1S/C19H21F4N3O/c1-24-18(25-10-9-14-5-4-7-16(20)11-14)26-12-15-6-2-3-8-17(15)27-13-19(21,22)23/h2-8,11H,9-10,12-13H2,1H3,(H2,24,25,26). The first-order chi connectivity index (χ1) is 12.9. The van der Waals surface area contributed by atoms with Gasteiger partial charge in [0.15, 0.2) is 12.6 Å². The van der Waals surface area contributed by atoms with Crippen LogP contribution in [0.15, 0.2) is 53.5 Å². The summed E-state index contributed by atoms with van der Waals surface area (Å²) in [7, 11) is 1.59. The number of guanidine groups is 1. The lowest BCUT2D eigenvalue weighted by atomic mass is 10.1. The number of ether oxygens (including phenoxy) is 1. The van der Waals surface area contributed by atoms with Crippen LogP contribution in [0.5, 0.6) is 5.75 Å². The van der Waals surface area contributed by atoms with Crippen LogP contribution in [0.25, 0.3) is 0 Å². The van der Waals surface area contributed by atoms with Crippen molar-refractivity contribution in [3.63, 3.8) is 0 Å². The molecule has 0 radical (unpaired) electrons. The van der Waals surface area contributed by atoms with Crippen molar-refractivity contribution in [2.75, 3.05) is 20.2 Å². The van der Waals surface area contributed by atoms with Crippen molar-refractivity contribution in [3.8, 4) is 5.75 Å². The van der Waals surface area contributed by atoms with E-state index in [0.29, 0.717) is 24.5 Å². The Bertz CT molecular complexity index is 763. The van der Waals surface area contributed by atoms with Gasteiger partial charge in [-0.15, -0.1) is 0 Å². The highest BCUT2D eigenvalue weighted by molar-refractivity contribution is 5.79. The molecule has 27 heavy (non-hydrogen) atoms. The van der Waals surface area contributed by atoms with Gasteiger partial charge in [0.1, 0.15) is 11.6 Å². The van der Waals surface area contributed by atoms with Crippen molar-refractivity contribution < 1.29 is 22.3 Å². The van der Waals surface area contributed by atoms with Crippen LogP contribution in [0, 0.1) is 5.82 Å². The van der Waals surface area contributed by atoms with E-state index in [9.17, 15) is 17.6 Å². The zero-order chi connectivity index (χ0) is 19.7. The smallest absolute Gasteiger partial charge is 0.422 e. The Morgan fingerprint density at radius 3 is 2.56 bits per heavy atom. The SMILES string of the molecule is CN=C(NCCc1cccc(F)c1)NCc1ccccc1OCC(F)(F)F. The molecule has 2 rings (SSSR count). The Labute approximate surface area is 155 Å². The minimum absolute atomic E-state index is 0.164. The maximum absolute atomic E-state index is 13.2. The Morgan fingerprint density at radius 2 is 1.85 bits per heavy atom. The Morgan fingerprint density at radius 1 is 1.07 bits per heavy atom. The predicted molar refractivity (Wildman–Crippen MR) is 96.3 cm³/mol. The molecule has 0 aliphatic carbocycles. The van der Waals surface area contributed by atoms with Gasteiger partial charge in [0.25, 0.3) is 0 Å². The fourth-order valence-corrected chi connectivity index (χ4v) is 2.37. The quantitative estimate of drug-likeness (QED) is 0.436. The Hall–Kier alpha value is -2.77. The molecular formula is C19H21F4N3O. The van der Waals surface area contributed by atoms with Gasteiger partial charge >= 0.3 is 6.18 Å². The molecule has 0 saturated carbocycles. The molecule has 146 valence electrons. The first-order valence-electron chi connectivity index (χ1n) is 8.34. The molecule has 0 saturated heterocycles. The summed E-state index contributed by atoms with van der Waals surface area (Å²) in [5.74, 6) is 0.361. The first-order valence-corrected chi connectivity index (χ1v) is 8.34. The van der Waals surface area contributed by atoms with Gasteiger partial charge in [0, 0.05) is 25.7 Å². The van der Waals surface area contributed by atoms with Crippen LogP contribution < -0.4 is 15.4 Å². The highest BCUT2D eigenvalue weighted by Crippen LogP contribution is 2.22. The van der Waals surface area contributed by atoms with E-state index in [4.69, 9.17) is 4.74 Å². The number of benzene rings is 2. The molecule has 0 fully saturated rings. The molecule has 0 amide bonds. The molecule has 0 aromatic heterocycles. The minimum atomic E-state index is -4.39. The summed E-state index contributed by atoms with van der Waals surface area (Å²) >= 11 is 0. The van der Waals surface area contributed by atoms with E-state index in [-0.39, 0.29) is 18.1 Å². The third kappa shape index (κ3) is 7.55. The lowest BCUT2D eigenvalue weighted by molar-refractivity contribution is -0.153. The second-order valence-electron chi connectivity index (χ2n) is 5.74. The summed E-state index contributed by atoms with van der Waals surface area (Å²) in [6, 6.07) is 12.8. The van der Waals surface area contributed by atoms with Gasteiger partial charge in [-0.1, -0.05) is 30.3 Å². The second-order valence-corrected chi connectivity index (χ2v) is 5.74. The van der Waals surface area contributed by atoms with E-state index in [1.54, 1.807) is 31.3 Å². The summed E-state index contributed by atoms with van der Waals surface area (Å²) in [6.45, 7) is -0.576. The van der Waals surface area contributed by atoms with Crippen LogP contribution in [-0.4, -0.2) is 32.3 Å². The lowest BCUT2D eigenvalue weighted by Gasteiger charge is -2.15. The van der Waals surface area contributed by atoms with Crippen molar-refractivity contribution >= 4 is 5.96 Å². The molecule has 2 N–H and O–H groups in total. The van der Waals surface area contributed by atoms with Gasteiger partial charge < -0.3 is 15.4 Å². The van der Waals surface area contributed by atoms with Gasteiger partial charge in [0.05, 0.1) is 0 Å². The highest BCUT2D eigenvalue weighted by Gasteiger charge is 2.28. The van der Waals surface area contributed by atoms with Crippen LogP contribution in [0.2, 0.25) is 0 Å². The van der Waals surface area contributed by atoms with Crippen LogP contribution in [0.3, 0.4) is 0 Å². The molecule has 0 unspecified atom stereocenters. The molecular weight excluding hydrogens is 362 g/mol. The van der Waals surface area contributed by atoms with Crippen molar-refractivity contribution in [1.29, 1.82) is 0 Å². The average Bonchev–Trinajstić information content (AvgIpc) is 2.63. The summed E-state index contributed by atoms with van der Waals surface area (Å²) < 4.78 is 55.1. The predicted octanol–water partition coefficient (Wildman–Crippen LogP) is 3.67. The van der Waals surface area contributed by atoms with E-state index in [2.05, 4.69) is 15.6 Å². The average molecular weight is 383 g/mol. The van der Waals surface area contributed by atoms with Gasteiger partial charge in [-0.25, -0.2) is 4.39 Å². The number of nitrogens with one attached hydrogen (secondary N) is 2. The zero-order valence-electron chi connectivity index (χ0n) is 14.8. The zero-order valence-corrected chi connectivity index (χ0v) is 14.8. The van der Waals surface area contributed by atoms with E-state index in [0.717, 1.165) is 5.56 Å². The van der Waals surface area contributed by atoms with Crippen molar-refractivity contribution in [2.24, 2.45) is 4.99 Å². The molecule has 0 heterocycles. The van der Waals surface area contributed by atoms with Gasteiger partial charge in [-0.3, -0.25) is 4.99 Å². The Kier molecular flexibility index (Phi) is 7.45. The van der Waals surface area contributed by atoms with Crippen LogP contribution in [0.1, 0.15) is 11.1 Å². The lowest BCUT2D eigenvalue weighted by Crippen LogP contribution is -2.38. The topological polar surface area (TPSA) is 45.7 Å². The molecule has 2 aromatic rings. The number of hydrogen-bond acceptors (Lipinski definition) is 2. The first kappa shape index (κ1) is 20.5. The normalized spacial score (nSPS) is 12.0. The summed E-state index contributed by atoms with van der Waals surface area (Å²) in [4.78, 5) is 4.07. The molecule has 0 bridgehead atoms. The number of alkyl halides is 3. The third-order valence-electron chi connectivity index (χ3n) is 3.63. The molecule has 0 spiro atoms. The maximum Gasteiger partial charge on any atom is 0.422 e. The van der Waals surface area contributed by atoms with Gasteiger partial charge in [-0.2, -0.15) is 13.2 Å². The van der Waals surface area contributed by atoms with E-state index >= 15 is 0 Å². The number of rotatable bonds is 7. The molecule has 0 atom stereocenters. The van der Waals surface area contributed by atoms with Crippen LogP contribution in [0.4, 0.5) is 17.6 Å². The van der Waals surface area contributed by atoms with Gasteiger partial charge in [0.2, 0.25) is 0 Å². The van der Waals surface area contributed by atoms with Crippen LogP contribution >= 0.6 is 0 Å². The second kappa shape index (κ2) is 9.80. The molecule has 0 aliphatic heterocycles. The van der Waals surface area contributed by atoms with Crippen molar-refractivity contribution in [3.05, 3.63) is 65.5 Å². The summed E-state index contributed by atoms with van der Waals surface area (Å²) in [6.07, 6.45) is -3.79. The van der Waals surface area contributed by atoms with Crippen LogP contribution in [-0.2, 0) is 13.0 Å². The molecule has 2 aromatic carbocycles. The monoisotopic (exact) mass is 383 g/mol. The van der Waals surface area contributed by atoms with Crippen molar-refractivity contribution in [1.82, 2.24) is 10.6 Å². The van der Waals surface area contributed by atoms with Gasteiger partial charge in [-0.05, 0) is 30.2 Å². The number of aliphatic imine (C=N–C) groups is 1. The largest absolute Gasteiger partial charge is 0.484 e. The highest BCUT2D eigenvalue weighted by atomic mass is 19.4. The fourth-order valence-electron chi connectivity index (χ4n) is 2.37. The maximum atomic E-state index is 13.2. The number of halogens is 4. The summed E-state index contributed by atoms with van der Waals surface area (Å²) in [5, 5.41) is 6.10. The number of hydrogen-bond donors (Lipinski definition) is 2. The Balaban J connectivity index is 1.85. The molecule has 4 nitrogen and oxygen atoms in total. The van der Waals surface area contributed by atoms with E-state index in [1.807, 2.05) is 6.07 Å². The molecule has 0 aliphatic rings. The minimum Gasteiger partial charge on any atom is -0.484 e. The van der Waals surface area contributed by atoms with E-state index in [1.165, 1.54) is 18.2 Å². The third-order valence-corrected chi connectivity index (χ3v) is 3.63. The number of para-hydroxylation sites is 1.